The van der Waals surface area contributed by atoms with Gasteiger partial charge >= 0.3 is 7.12 Å². The molecule has 2 aromatic carbocycles. The van der Waals surface area contributed by atoms with Gasteiger partial charge in [0.1, 0.15) is 5.82 Å². The van der Waals surface area contributed by atoms with Crippen molar-refractivity contribution in [2.24, 2.45) is 0 Å². The highest BCUT2D eigenvalue weighted by Gasteiger charge is 2.32. The van der Waals surface area contributed by atoms with Crippen LogP contribution in [0.15, 0.2) is 65.2 Å². The van der Waals surface area contributed by atoms with E-state index in [1.807, 2.05) is 61.5 Å². The molecule has 5 rings (SSSR count). The fraction of sp³-hybridized carbons (Fsp3) is 0.208. The summed E-state index contributed by atoms with van der Waals surface area (Å²) in [5.74, 6) is 1.36. The SMILES string of the molecule is Cc1nnc(-c2cnc(Nc3ccc4c(c3)C(C)OB4O)cc2N[C@H](CO)c2ccccc2)o1. The van der Waals surface area contributed by atoms with Crippen LogP contribution in [0.3, 0.4) is 0 Å². The molecule has 2 atom stereocenters. The fourth-order valence-electron chi connectivity index (χ4n) is 4.04. The number of nitrogens with one attached hydrogen (secondary N) is 2. The summed E-state index contributed by atoms with van der Waals surface area (Å²) in [6, 6.07) is 16.8. The van der Waals surface area contributed by atoms with Crippen molar-refractivity contribution in [1.82, 2.24) is 15.2 Å². The van der Waals surface area contributed by atoms with E-state index in [1.54, 1.807) is 13.1 Å². The van der Waals surface area contributed by atoms with Gasteiger partial charge in [-0.15, -0.1) is 10.2 Å². The number of aliphatic hydroxyl groups is 1. The van der Waals surface area contributed by atoms with E-state index in [0.29, 0.717) is 28.9 Å². The van der Waals surface area contributed by atoms with Gasteiger partial charge in [0.2, 0.25) is 5.89 Å². The fourth-order valence-corrected chi connectivity index (χ4v) is 4.04. The van der Waals surface area contributed by atoms with Gasteiger partial charge in [-0.2, -0.15) is 0 Å². The van der Waals surface area contributed by atoms with Crippen LogP contribution < -0.4 is 16.1 Å². The van der Waals surface area contributed by atoms with Crippen molar-refractivity contribution in [3.63, 3.8) is 0 Å². The maximum atomic E-state index is 10.1. The summed E-state index contributed by atoms with van der Waals surface area (Å²) in [5, 5.41) is 34.8. The van der Waals surface area contributed by atoms with Crippen molar-refractivity contribution in [2.75, 3.05) is 17.2 Å². The van der Waals surface area contributed by atoms with Crippen molar-refractivity contribution in [1.29, 1.82) is 0 Å². The minimum atomic E-state index is -0.904. The Morgan fingerprint density at radius 1 is 1.12 bits per heavy atom. The average Bonchev–Trinajstić information content (AvgIpc) is 3.40. The third-order valence-electron chi connectivity index (χ3n) is 5.77. The van der Waals surface area contributed by atoms with E-state index in [4.69, 9.17) is 9.07 Å². The van der Waals surface area contributed by atoms with E-state index < -0.39 is 7.12 Å². The minimum Gasteiger partial charge on any atom is -0.423 e. The molecule has 4 N–H and O–H groups in total. The van der Waals surface area contributed by atoms with Crippen LogP contribution in [0, 0.1) is 6.92 Å². The lowest BCUT2D eigenvalue weighted by Gasteiger charge is -2.20. The number of anilines is 3. The molecule has 3 heterocycles. The lowest BCUT2D eigenvalue weighted by atomic mass is 9.79. The highest BCUT2D eigenvalue weighted by atomic mass is 16.5. The van der Waals surface area contributed by atoms with Crippen molar-refractivity contribution < 1.29 is 19.2 Å². The van der Waals surface area contributed by atoms with Gasteiger partial charge in [-0.05, 0) is 35.6 Å². The predicted octanol–water partition coefficient (Wildman–Crippen LogP) is 3.11. The molecule has 0 spiro atoms. The number of pyridine rings is 1. The summed E-state index contributed by atoms with van der Waals surface area (Å²) in [6.07, 6.45) is 1.45. The summed E-state index contributed by atoms with van der Waals surface area (Å²) in [6.45, 7) is 3.52. The topological polar surface area (TPSA) is 126 Å². The smallest absolute Gasteiger partial charge is 0.423 e. The molecule has 4 aromatic rings. The molecule has 0 saturated carbocycles. The molecule has 0 saturated heterocycles. The zero-order valence-electron chi connectivity index (χ0n) is 18.8. The highest BCUT2D eigenvalue weighted by molar-refractivity contribution is 6.61. The second-order valence-electron chi connectivity index (χ2n) is 8.13. The summed E-state index contributed by atoms with van der Waals surface area (Å²) < 4.78 is 11.1. The Morgan fingerprint density at radius 2 is 1.94 bits per heavy atom. The molecule has 0 amide bonds. The third kappa shape index (κ3) is 4.38. The molecule has 34 heavy (non-hydrogen) atoms. The lowest BCUT2D eigenvalue weighted by Crippen LogP contribution is -2.27. The minimum absolute atomic E-state index is 0.109. The van der Waals surface area contributed by atoms with Crippen molar-refractivity contribution in [2.45, 2.75) is 26.0 Å². The van der Waals surface area contributed by atoms with Gasteiger partial charge in [0.15, 0.2) is 0 Å². The molecule has 1 unspecified atom stereocenters. The molecule has 0 aliphatic carbocycles. The van der Waals surface area contributed by atoms with Crippen molar-refractivity contribution in [3.05, 3.63) is 77.8 Å². The van der Waals surface area contributed by atoms with Crippen molar-refractivity contribution >= 4 is 29.8 Å². The van der Waals surface area contributed by atoms with Gasteiger partial charge < -0.3 is 29.8 Å². The Kier molecular flexibility index (Phi) is 6.02. The highest BCUT2D eigenvalue weighted by Crippen LogP contribution is 2.33. The first-order valence-corrected chi connectivity index (χ1v) is 11.0. The number of nitrogens with zero attached hydrogens (tertiary/aromatic N) is 3. The quantitative estimate of drug-likeness (QED) is 0.310. The molecule has 1 aliphatic rings. The molecule has 2 aromatic heterocycles. The van der Waals surface area contributed by atoms with Crippen LogP contribution in [0.2, 0.25) is 0 Å². The van der Waals surface area contributed by atoms with Crippen LogP contribution in [0.1, 0.15) is 36.1 Å². The van der Waals surface area contributed by atoms with E-state index in [2.05, 4.69) is 25.8 Å². The van der Waals surface area contributed by atoms with Crippen LogP contribution in [0.4, 0.5) is 17.2 Å². The molecule has 0 fully saturated rings. The van der Waals surface area contributed by atoms with Crippen LogP contribution in [0.25, 0.3) is 11.5 Å². The summed E-state index contributed by atoms with van der Waals surface area (Å²) in [4.78, 5) is 4.53. The van der Waals surface area contributed by atoms with E-state index in [-0.39, 0.29) is 18.8 Å². The largest absolute Gasteiger partial charge is 0.491 e. The zero-order valence-corrected chi connectivity index (χ0v) is 18.8. The Morgan fingerprint density at radius 3 is 2.68 bits per heavy atom. The first-order chi connectivity index (χ1) is 16.5. The molecule has 1 aliphatic heterocycles. The number of aliphatic hydroxyl groups excluding tert-OH is 1. The average molecular weight is 457 g/mol. The maximum Gasteiger partial charge on any atom is 0.491 e. The van der Waals surface area contributed by atoms with E-state index in [1.165, 1.54) is 0 Å². The number of rotatable bonds is 7. The first-order valence-electron chi connectivity index (χ1n) is 11.0. The standard InChI is InChI=1S/C24H24BN5O4/c1-14-18-10-17(8-9-20(18)25(32)34-14)27-23-11-21(19(12-26-23)24-30-29-15(2)33-24)28-22(13-31)16-6-4-3-5-7-16/h3-12,14,22,31-32H,13H2,1-2H3,(H2,26,27,28)/t14?,22-/m1/s1. The van der Waals surface area contributed by atoms with E-state index in [9.17, 15) is 10.1 Å². The zero-order chi connectivity index (χ0) is 23.7. The Labute approximate surface area is 197 Å². The van der Waals surface area contributed by atoms with Crippen LogP contribution in [-0.2, 0) is 4.65 Å². The summed E-state index contributed by atoms with van der Waals surface area (Å²) in [5.41, 5.74) is 4.75. The van der Waals surface area contributed by atoms with E-state index in [0.717, 1.165) is 22.3 Å². The van der Waals surface area contributed by atoms with E-state index >= 15 is 0 Å². The molecule has 9 nitrogen and oxygen atoms in total. The lowest BCUT2D eigenvalue weighted by molar-refractivity contribution is 0.209. The third-order valence-corrected chi connectivity index (χ3v) is 5.77. The molecular weight excluding hydrogens is 433 g/mol. The number of aryl methyl sites for hydroxylation is 1. The van der Waals surface area contributed by atoms with Crippen LogP contribution in [-0.4, -0.2) is 39.0 Å². The van der Waals surface area contributed by atoms with Crippen LogP contribution >= 0.6 is 0 Å². The normalized spacial score (nSPS) is 15.8. The van der Waals surface area contributed by atoms with Crippen LogP contribution in [0.5, 0.6) is 0 Å². The van der Waals surface area contributed by atoms with Gasteiger partial charge in [-0.1, -0.05) is 36.4 Å². The number of benzene rings is 2. The predicted molar refractivity (Wildman–Crippen MR) is 129 cm³/mol. The second kappa shape index (κ2) is 9.26. The first kappa shape index (κ1) is 22.1. The van der Waals surface area contributed by atoms with Gasteiger partial charge in [0.05, 0.1) is 30.0 Å². The number of aromatic nitrogens is 3. The maximum absolute atomic E-state index is 10.1. The molecule has 0 bridgehead atoms. The Bertz CT molecular complexity index is 1300. The Hall–Kier alpha value is -3.73. The Balaban J connectivity index is 1.48. The molecule has 0 radical (unpaired) electrons. The van der Waals surface area contributed by atoms with Gasteiger partial charge in [0, 0.05) is 24.9 Å². The second-order valence-corrected chi connectivity index (χ2v) is 8.13. The van der Waals surface area contributed by atoms with Gasteiger partial charge in [-0.3, -0.25) is 0 Å². The van der Waals surface area contributed by atoms with Gasteiger partial charge in [0.25, 0.3) is 5.89 Å². The summed E-state index contributed by atoms with van der Waals surface area (Å²) in [7, 11) is -0.904. The summed E-state index contributed by atoms with van der Waals surface area (Å²) >= 11 is 0. The molecule has 172 valence electrons. The van der Waals surface area contributed by atoms with Crippen molar-refractivity contribution in [3.8, 4) is 11.5 Å². The molecular formula is C24H24BN5O4. The number of hydrogen-bond acceptors (Lipinski definition) is 9. The number of fused-ring (bicyclic) bond motifs is 1. The monoisotopic (exact) mass is 457 g/mol. The molecule has 10 heteroatoms. The van der Waals surface area contributed by atoms with Gasteiger partial charge in [-0.25, -0.2) is 4.98 Å². The number of hydrogen-bond donors (Lipinski definition) is 4.